The van der Waals surface area contributed by atoms with Gasteiger partial charge in [-0.2, -0.15) is 5.10 Å². The summed E-state index contributed by atoms with van der Waals surface area (Å²) in [6.07, 6.45) is 1.90. The maximum Gasteiger partial charge on any atom is 0.191 e. The van der Waals surface area contributed by atoms with Gasteiger partial charge in [-0.05, 0) is 31.0 Å². The molecule has 3 rings (SSSR count). The van der Waals surface area contributed by atoms with Crippen LogP contribution in [0.25, 0.3) is 0 Å². The molecule has 1 aliphatic heterocycles. The summed E-state index contributed by atoms with van der Waals surface area (Å²) in [4.78, 5) is 8.77. The van der Waals surface area contributed by atoms with Crippen LogP contribution < -0.4 is 10.6 Å². The van der Waals surface area contributed by atoms with Crippen LogP contribution in [0.15, 0.2) is 29.3 Å². The highest BCUT2D eigenvalue weighted by Gasteiger charge is 2.24. The Balaban J connectivity index is 1.58. The molecular weight excluding hydrogens is 331 g/mol. The first-order valence-electron chi connectivity index (χ1n) is 9.01. The predicted octanol–water partition coefficient (Wildman–Crippen LogP) is 2.18. The summed E-state index contributed by atoms with van der Waals surface area (Å²) in [6, 6.07) is 7.02. The number of hydrogen-bond donors (Lipinski definition) is 2. The Bertz CT molecular complexity index is 795. The van der Waals surface area contributed by atoms with Crippen molar-refractivity contribution in [3.63, 3.8) is 0 Å². The van der Waals surface area contributed by atoms with Crippen molar-refractivity contribution in [1.29, 1.82) is 0 Å². The van der Waals surface area contributed by atoms with Gasteiger partial charge in [-0.1, -0.05) is 26.0 Å². The molecule has 0 spiro atoms. The number of aliphatic imine (C=N–C) groups is 1. The summed E-state index contributed by atoms with van der Waals surface area (Å²) in [5.41, 5.74) is 0.739. The second-order valence-electron chi connectivity index (χ2n) is 7.46. The lowest BCUT2D eigenvalue weighted by atomic mass is 9.84. The van der Waals surface area contributed by atoms with Gasteiger partial charge in [0.2, 0.25) is 0 Å². The number of rotatable bonds is 4. The molecule has 0 radical (unpaired) electrons. The smallest absolute Gasteiger partial charge is 0.191 e. The van der Waals surface area contributed by atoms with Gasteiger partial charge in [0.15, 0.2) is 5.96 Å². The molecule has 2 heterocycles. The van der Waals surface area contributed by atoms with Crippen molar-refractivity contribution >= 4 is 5.96 Å². The van der Waals surface area contributed by atoms with Crippen molar-refractivity contribution < 1.29 is 4.39 Å². The normalized spacial score (nSPS) is 17.7. The first-order valence-corrected chi connectivity index (χ1v) is 9.01. The zero-order valence-corrected chi connectivity index (χ0v) is 15.9. The number of aryl methyl sites for hydroxylation is 2. The van der Waals surface area contributed by atoms with Gasteiger partial charge in [-0.25, -0.2) is 14.1 Å². The molecule has 26 heavy (non-hydrogen) atoms. The van der Waals surface area contributed by atoms with E-state index in [0.29, 0.717) is 6.54 Å². The maximum absolute atomic E-state index is 13.5. The largest absolute Gasteiger partial charge is 0.356 e. The lowest BCUT2D eigenvalue weighted by Crippen LogP contribution is -2.49. The van der Waals surface area contributed by atoms with Gasteiger partial charge in [0.05, 0.1) is 6.54 Å². The van der Waals surface area contributed by atoms with Crippen molar-refractivity contribution in [1.82, 2.24) is 25.4 Å². The Labute approximate surface area is 153 Å². The number of nitrogens with one attached hydrogen (secondary N) is 2. The summed E-state index contributed by atoms with van der Waals surface area (Å²) in [6.45, 7) is 7.53. The Morgan fingerprint density at radius 2 is 2.23 bits per heavy atom. The maximum atomic E-state index is 13.5. The van der Waals surface area contributed by atoms with E-state index in [1.54, 1.807) is 19.2 Å². The van der Waals surface area contributed by atoms with E-state index >= 15 is 0 Å². The summed E-state index contributed by atoms with van der Waals surface area (Å²) >= 11 is 0. The van der Waals surface area contributed by atoms with Gasteiger partial charge >= 0.3 is 0 Å². The standard InChI is InChI=1S/C19H27FN6/c1-13-23-17-9-8-16(11-26(17)25-13)24-18(21-4)22-12-19(2,3)14-6-5-7-15(20)10-14/h5-7,10,16H,8-9,11-12H2,1-4H3,(H2,21,22,24). The Morgan fingerprint density at radius 3 is 2.96 bits per heavy atom. The number of guanidine groups is 1. The van der Waals surface area contributed by atoms with Crippen molar-refractivity contribution in [2.45, 2.75) is 51.6 Å². The molecule has 0 bridgehead atoms. The summed E-state index contributed by atoms with van der Waals surface area (Å²) in [5, 5.41) is 11.3. The topological polar surface area (TPSA) is 67.1 Å². The second-order valence-corrected chi connectivity index (χ2v) is 7.46. The summed E-state index contributed by atoms with van der Waals surface area (Å²) in [5.74, 6) is 2.41. The number of halogens is 1. The van der Waals surface area contributed by atoms with E-state index in [1.165, 1.54) is 6.07 Å². The van der Waals surface area contributed by atoms with Crippen LogP contribution in [0.2, 0.25) is 0 Å². The van der Waals surface area contributed by atoms with E-state index < -0.39 is 0 Å². The number of benzene rings is 1. The van der Waals surface area contributed by atoms with Crippen LogP contribution in [0, 0.1) is 12.7 Å². The zero-order valence-electron chi connectivity index (χ0n) is 15.9. The minimum atomic E-state index is -0.220. The first-order chi connectivity index (χ1) is 12.4. The molecule has 0 saturated heterocycles. The molecule has 0 amide bonds. The third-order valence-electron chi connectivity index (χ3n) is 4.83. The van der Waals surface area contributed by atoms with Crippen molar-refractivity contribution in [3.8, 4) is 0 Å². The highest BCUT2D eigenvalue weighted by molar-refractivity contribution is 5.80. The molecule has 0 fully saturated rings. The molecule has 6 nitrogen and oxygen atoms in total. The highest BCUT2D eigenvalue weighted by Crippen LogP contribution is 2.22. The fourth-order valence-electron chi connectivity index (χ4n) is 3.26. The van der Waals surface area contributed by atoms with Crippen LogP contribution in [0.5, 0.6) is 0 Å². The van der Waals surface area contributed by atoms with Gasteiger partial charge in [0.1, 0.15) is 17.5 Å². The van der Waals surface area contributed by atoms with E-state index in [9.17, 15) is 4.39 Å². The van der Waals surface area contributed by atoms with Gasteiger partial charge in [-0.15, -0.1) is 0 Å². The Kier molecular flexibility index (Phi) is 5.25. The molecule has 1 atom stereocenters. The van der Waals surface area contributed by atoms with Crippen molar-refractivity contribution in [2.24, 2.45) is 4.99 Å². The molecule has 0 saturated carbocycles. The van der Waals surface area contributed by atoms with E-state index in [-0.39, 0.29) is 17.3 Å². The van der Waals surface area contributed by atoms with E-state index in [1.807, 2.05) is 17.7 Å². The highest BCUT2D eigenvalue weighted by atomic mass is 19.1. The van der Waals surface area contributed by atoms with Gasteiger partial charge in [0.25, 0.3) is 0 Å². The summed E-state index contributed by atoms with van der Waals surface area (Å²) < 4.78 is 15.5. The fraction of sp³-hybridized carbons (Fsp3) is 0.526. The molecule has 1 aliphatic rings. The van der Waals surface area contributed by atoms with Crippen LogP contribution in [-0.2, 0) is 18.4 Å². The molecule has 1 aromatic carbocycles. The van der Waals surface area contributed by atoms with Crippen molar-refractivity contribution in [3.05, 3.63) is 47.3 Å². The number of fused-ring (bicyclic) bond motifs is 1. The van der Waals surface area contributed by atoms with E-state index in [0.717, 1.165) is 42.6 Å². The molecule has 1 unspecified atom stereocenters. The lowest BCUT2D eigenvalue weighted by molar-refractivity contribution is 0.390. The third-order valence-corrected chi connectivity index (χ3v) is 4.83. The zero-order chi connectivity index (χ0) is 18.7. The lowest BCUT2D eigenvalue weighted by Gasteiger charge is -2.29. The van der Waals surface area contributed by atoms with E-state index in [4.69, 9.17) is 0 Å². The number of nitrogens with zero attached hydrogens (tertiary/aromatic N) is 4. The van der Waals surface area contributed by atoms with Crippen LogP contribution in [0.1, 0.15) is 37.5 Å². The molecule has 7 heteroatoms. The number of hydrogen-bond acceptors (Lipinski definition) is 3. The predicted molar refractivity (Wildman–Crippen MR) is 101 cm³/mol. The minimum Gasteiger partial charge on any atom is -0.356 e. The van der Waals surface area contributed by atoms with Crippen LogP contribution in [-0.4, -0.2) is 40.4 Å². The van der Waals surface area contributed by atoms with Crippen LogP contribution in [0.3, 0.4) is 0 Å². The van der Waals surface area contributed by atoms with E-state index in [2.05, 4.69) is 39.6 Å². The molecular formula is C19H27FN6. The van der Waals surface area contributed by atoms with Gasteiger partial charge in [0, 0.05) is 31.5 Å². The quantitative estimate of drug-likeness (QED) is 0.649. The second kappa shape index (κ2) is 7.43. The molecule has 2 aromatic rings. The Hall–Kier alpha value is -2.44. The molecule has 0 aliphatic carbocycles. The summed E-state index contributed by atoms with van der Waals surface area (Å²) in [7, 11) is 1.76. The fourth-order valence-corrected chi connectivity index (χ4v) is 3.26. The van der Waals surface area contributed by atoms with Gasteiger partial charge in [-0.3, -0.25) is 4.99 Å². The van der Waals surface area contributed by atoms with Crippen molar-refractivity contribution in [2.75, 3.05) is 13.6 Å². The number of aromatic nitrogens is 3. The first kappa shape index (κ1) is 18.4. The monoisotopic (exact) mass is 358 g/mol. The minimum absolute atomic E-state index is 0.209. The third kappa shape index (κ3) is 4.20. The molecule has 2 N–H and O–H groups in total. The molecule has 1 aromatic heterocycles. The van der Waals surface area contributed by atoms with Crippen LogP contribution in [0.4, 0.5) is 4.39 Å². The molecule has 140 valence electrons. The van der Waals surface area contributed by atoms with Crippen LogP contribution >= 0.6 is 0 Å². The Morgan fingerprint density at radius 1 is 1.42 bits per heavy atom. The van der Waals surface area contributed by atoms with Gasteiger partial charge < -0.3 is 10.6 Å². The average molecular weight is 358 g/mol. The average Bonchev–Trinajstić information content (AvgIpc) is 2.98. The SMILES string of the molecule is CN=C(NCC(C)(C)c1cccc(F)c1)NC1CCc2nc(C)nn2C1.